The molecule has 1 aromatic carbocycles. The van der Waals surface area contributed by atoms with Crippen LogP contribution in [-0.4, -0.2) is 25.3 Å². The van der Waals surface area contributed by atoms with E-state index in [9.17, 15) is 4.79 Å². The maximum Gasteiger partial charge on any atom is 0.334 e. The van der Waals surface area contributed by atoms with Crippen LogP contribution in [0.4, 0.5) is 0 Å². The van der Waals surface area contributed by atoms with E-state index in [0.717, 1.165) is 24.8 Å². The zero-order valence-electron chi connectivity index (χ0n) is 13.3. The van der Waals surface area contributed by atoms with Crippen molar-refractivity contribution in [3.63, 3.8) is 0 Å². The summed E-state index contributed by atoms with van der Waals surface area (Å²) in [6.07, 6.45) is 4.60. The van der Waals surface area contributed by atoms with Crippen molar-refractivity contribution in [2.24, 2.45) is 0 Å². The van der Waals surface area contributed by atoms with Crippen LogP contribution in [0.25, 0.3) is 0 Å². The topological polar surface area (TPSA) is 44.8 Å². The minimum Gasteiger partial charge on any atom is -0.501 e. The molecule has 0 saturated heterocycles. The normalized spacial score (nSPS) is 19.3. The Kier molecular flexibility index (Phi) is 6.46. The van der Waals surface area contributed by atoms with E-state index in [0.29, 0.717) is 18.8 Å². The van der Waals surface area contributed by atoms with E-state index < -0.39 is 0 Å². The third-order valence-electron chi connectivity index (χ3n) is 3.77. The van der Waals surface area contributed by atoms with Gasteiger partial charge in [-0.05, 0) is 12.0 Å². The highest BCUT2D eigenvalue weighted by molar-refractivity contribution is 5.83. The Morgan fingerprint density at radius 1 is 1.32 bits per heavy atom. The highest BCUT2D eigenvalue weighted by Crippen LogP contribution is 2.24. The van der Waals surface area contributed by atoms with Gasteiger partial charge in [-0.2, -0.15) is 0 Å². The smallest absolute Gasteiger partial charge is 0.334 e. The van der Waals surface area contributed by atoms with E-state index >= 15 is 0 Å². The van der Waals surface area contributed by atoms with Gasteiger partial charge >= 0.3 is 5.97 Å². The van der Waals surface area contributed by atoms with Crippen molar-refractivity contribution in [2.75, 3.05) is 7.11 Å². The predicted octanol–water partition coefficient (Wildman–Crippen LogP) is 3.61. The lowest BCUT2D eigenvalue weighted by Crippen LogP contribution is -2.36. The quantitative estimate of drug-likeness (QED) is 0.688. The van der Waals surface area contributed by atoms with Gasteiger partial charge < -0.3 is 14.2 Å². The number of hydrogen-bond acceptors (Lipinski definition) is 4. The average molecular weight is 304 g/mol. The van der Waals surface area contributed by atoms with Crippen molar-refractivity contribution in [3.05, 3.63) is 47.7 Å². The lowest BCUT2D eigenvalue weighted by molar-refractivity contribution is -0.156. The van der Waals surface area contributed by atoms with Crippen molar-refractivity contribution in [1.82, 2.24) is 0 Å². The largest absolute Gasteiger partial charge is 0.501 e. The second kappa shape index (κ2) is 8.59. The van der Waals surface area contributed by atoms with Crippen LogP contribution in [0.3, 0.4) is 0 Å². The molecule has 0 aromatic heterocycles. The lowest BCUT2D eigenvalue weighted by atomic mass is 10.0. The molecule has 0 saturated carbocycles. The molecule has 4 heteroatoms. The van der Waals surface area contributed by atoms with Gasteiger partial charge in [0.05, 0.1) is 25.9 Å². The third kappa shape index (κ3) is 4.88. The number of unbranched alkanes of at least 4 members (excludes halogenated alkanes) is 1. The summed E-state index contributed by atoms with van der Waals surface area (Å²) in [6, 6.07) is 10.0. The van der Waals surface area contributed by atoms with Crippen LogP contribution < -0.4 is 0 Å². The minimum absolute atomic E-state index is 0.108. The van der Waals surface area contributed by atoms with Crippen molar-refractivity contribution in [2.45, 2.75) is 51.4 Å². The van der Waals surface area contributed by atoms with Crippen LogP contribution in [0.1, 0.15) is 38.2 Å². The molecule has 22 heavy (non-hydrogen) atoms. The number of hydrogen-bond donors (Lipinski definition) is 0. The summed E-state index contributed by atoms with van der Waals surface area (Å²) >= 11 is 0. The lowest BCUT2D eigenvalue weighted by Gasteiger charge is -2.29. The van der Waals surface area contributed by atoms with E-state index in [4.69, 9.17) is 14.2 Å². The molecular formula is C18H24O4. The summed E-state index contributed by atoms with van der Waals surface area (Å²) in [4.78, 5) is 11.7. The Balaban J connectivity index is 1.99. The molecule has 0 amide bonds. The maximum atomic E-state index is 11.7. The Morgan fingerprint density at radius 3 is 2.77 bits per heavy atom. The molecule has 1 aliphatic heterocycles. The third-order valence-corrected chi connectivity index (χ3v) is 3.77. The Labute approximate surface area is 132 Å². The molecular weight excluding hydrogens is 280 g/mol. The van der Waals surface area contributed by atoms with E-state index in [1.807, 2.05) is 30.3 Å². The van der Waals surface area contributed by atoms with Crippen LogP contribution in [0.5, 0.6) is 0 Å². The molecule has 0 N–H and O–H groups in total. The number of ether oxygens (including phenoxy) is 3. The van der Waals surface area contributed by atoms with Gasteiger partial charge in [-0.1, -0.05) is 50.1 Å². The number of methoxy groups -OCH3 is 1. The highest BCUT2D eigenvalue weighted by Gasteiger charge is 2.30. The van der Waals surface area contributed by atoms with Gasteiger partial charge in [0.15, 0.2) is 0 Å². The molecule has 0 bridgehead atoms. The van der Waals surface area contributed by atoms with Crippen LogP contribution in [0.15, 0.2) is 42.2 Å². The monoisotopic (exact) mass is 304 g/mol. The summed E-state index contributed by atoms with van der Waals surface area (Å²) in [6.45, 7) is 2.66. The second-order valence-electron chi connectivity index (χ2n) is 5.47. The fourth-order valence-electron chi connectivity index (χ4n) is 2.52. The first kappa shape index (κ1) is 16.6. The van der Waals surface area contributed by atoms with Gasteiger partial charge in [0.25, 0.3) is 0 Å². The number of carbonyl (C=O) groups is 1. The molecule has 1 heterocycles. The summed E-state index contributed by atoms with van der Waals surface area (Å²) < 4.78 is 16.7. The van der Waals surface area contributed by atoms with Crippen LogP contribution in [0.2, 0.25) is 0 Å². The number of benzene rings is 1. The van der Waals surface area contributed by atoms with Crippen LogP contribution >= 0.6 is 0 Å². The van der Waals surface area contributed by atoms with Crippen molar-refractivity contribution >= 4 is 5.97 Å². The molecule has 0 spiro atoms. The second-order valence-corrected chi connectivity index (χ2v) is 5.47. The van der Waals surface area contributed by atoms with E-state index in [1.54, 1.807) is 7.11 Å². The first-order chi connectivity index (χ1) is 10.7. The van der Waals surface area contributed by atoms with Crippen molar-refractivity contribution < 1.29 is 19.0 Å². The standard InChI is InChI=1S/C18H24O4/c1-3-4-10-16(21-13-14-8-6-5-7-9-14)17-11-15(20-2)12-18(19)22-17/h5-9,12,16-17H,3-4,10-11,13H2,1-2H3/t16-,17-/m0/s1. The zero-order chi connectivity index (χ0) is 15.8. The van der Waals surface area contributed by atoms with Gasteiger partial charge in [0.2, 0.25) is 0 Å². The molecule has 1 aromatic rings. The molecule has 0 aliphatic carbocycles. The predicted molar refractivity (Wildman–Crippen MR) is 84.1 cm³/mol. The molecule has 0 radical (unpaired) electrons. The van der Waals surface area contributed by atoms with Gasteiger partial charge in [-0.3, -0.25) is 0 Å². The van der Waals surface area contributed by atoms with Gasteiger partial charge in [0, 0.05) is 6.42 Å². The fraction of sp³-hybridized carbons (Fsp3) is 0.500. The zero-order valence-corrected chi connectivity index (χ0v) is 13.3. The SMILES string of the molecule is CCCC[C@H](OCc1ccccc1)[C@@H]1CC(OC)=CC(=O)O1. The first-order valence-electron chi connectivity index (χ1n) is 7.83. The van der Waals surface area contributed by atoms with Crippen molar-refractivity contribution in [3.8, 4) is 0 Å². The molecule has 1 aliphatic rings. The fourth-order valence-corrected chi connectivity index (χ4v) is 2.52. The molecule has 0 unspecified atom stereocenters. The number of carbonyl (C=O) groups excluding carboxylic acids is 1. The Morgan fingerprint density at radius 2 is 2.09 bits per heavy atom. The molecule has 4 nitrogen and oxygen atoms in total. The van der Waals surface area contributed by atoms with Crippen LogP contribution in [0, 0.1) is 0 Å². The summed E-state index contributed by atoms with van der Waals surface area (Å²) in [5.41, 5.74) is 1.12. The average Bonchev–Trinajstić information content (AvgIpc) is 2.55. The Hall–Kier alpha value is -1.81. The van der Waals surface area contributed by atoms with Gasteiger partial charge in [-0.15, -0.1) is 0 Å². The summed E-state index contributed by atoms with van der Waals surface area (Å²) in [5.74, 6) is 0.309. The highest BCUT2D eigenvalue weighted by atomic mass is 16.6. The molecule has 120 valence electrons. The number of rotatable bonds is 8. The molecule has 2 atom stereocenters. The summed E-state index contributed by atoms with van der Waals surface area (Å²) in [7, 11) is 1.58. The number of esters is 1. The first-order valence-corrected chi connectivity index (χ1v) is 7.83. The molecule has 2 rings (SSSR count). The Bertz CT molecular complexity index is 495. The summed E-state index contributed by atoms with van der Waals surface area (Å²) in [5, 5.41) is 0. The van der Waals surface area contributed by atoms with E-state index in [-0.39, 0.29) is 18.2 Å². The van der Waals surface area contributed by atoms with Crippen LogP contribution in [-0.2, 0) is 25.6 Å². The van der Waals surface area contributed by atoms with Gasteiger partial charge in [-0.25, -0.2) is 4.79 Å². The van der Waals surface area contributed by atoms with Crippen molar-refractivity contribution in [1.29, 1.82) is 0 Å². The minimum atomic E-state index is -0.349. The maximum absolute atomic E-state index is 11.7. The van der Waals surface area contributed by atoms with E-state index in [1.165, 1.54) is 6.08 Å². The van der Waals surface area contributed by atoms with E-state index in [2.05, 4.69) is 6.92 Å². The number of cyclic esters (lactones) is 1. The molecule has 0 fully saturated rings. The van der Waals surface area contributed by atoms with Gasteiger partial charge in [0.1, 0.15) is 11.9 Å².